The predicted molar refractivity (Wildman–Crippen MR) is 43.5 cm³/mol. The van der Waals surface area contributed by atoms with Gasteiger partial charge in [-0.3, -0.25) is 0 Å². The van der Waals surface area contributed by atoms with Crippen LogP contribution in [-0.4, -0.2) is 5.11 Å². The summed E-state index contributed by atoms with van der Waals surface area (Å²) in [6.45, 7) is 1.88. The van der Waals surface area contributed by atoms with E-state index in [0.29, 0.717) is 0 Å². The van der Waals surface area contributed by atoms with Crippen LogP contribution in [0.3, 0.4) is 0 Å². The predicted octanol–water partition coefficient (Wildman–Crippen LogP) is 2.30. The molecule has 0 aliphatic heterocycles. The Morgan fingerprint density at radius 2 is 1.91 bits per heavy atom. The first-order valence-electron chi connectivity index (χ1n) is 3.40. The van der Waals surface area contributed by atoms with E-state index in [4.69, 9.17) is 9.84 Å². The van der Waals surface area contributed by atoms with Crippen molar-refractivity contribution in [1.82, 2.24) is 0 Å². The Morgan fingerprint density at radius 1 is 1.27 bits per heavy atom. The van der Waals surface area contributed by atoms with Gasteiger partial charge in [0.25, 0.3) is 0 Å². The van der Waals surface area contributed by atoms with E-state index in [1.165, 1.54) is 0 Å². The molecule has 2 nitrogen and oxygen atoms in total. The lowest BCUT2D eigenvalue weighted by molar-refractivity contribution is 0.463. The second-order valence-corrected chi connectivity index (χ2v) is 2.08. The molecule has 0 saturated heterocycles. The van der Waals surface area contributed by atoms with Gasteiger partial charge in [0, 0.05) is 0 Å². The highest BCUT2D eigenvalue weighted by Gasteiger charge is 1.89. The van der Waals surface area contributed by atoms with E-state index in [1.807, 2.05) is 6.92 Å². The average Bonchev–Trinajstić information content (AvgIpc) is 2.04. The molecule has 0 atom stereocenters. The quantitative estimate of drug-likeness (QED) is 0.655. The first-order valence-corrected chi connectivity index (χ1v) is 3.40. The molecule has 1 aromatic rings. The molecule has 58 valence electrons. The van der Waals surface area contributed by atoms with E-state index in [2.05, 4.69) is 0 Å². The van der Waals surface area contributed by atoms with Crippen molar-refractivity contribution in [2.75, 3.05) is 0 Å². The van der Waals surface area contributed by atoms with E-state index in [0.717, 1.165) is 5.75 Å². The number of benzene rings is 1. The van der Waals surface area contributed by atoms with E-state index < -0.39 is 0 Å². The van der Waals surface area contributed by atoms with Crippen LogP contribution in [0.4, 0.5) is 0 Å². The minimum absolute atomic E-state index is 0.248. The first kappa shape index (κ1) is 7.66. The normalized spacial score (nSPS) is 10.3. The molecule has 0 amide bonds. The molecule has 2 heteroatoms. The summed E-state index contributed by atoms with van der Waals surface area (Å²) < 4.78 is 5.12. The molecule has 0 aliphatic carbocycles. The molecule has 0 radical (unpaired) electrons. The van der Waals surface area contributed by atoms with Crippen LogP contribution in [0.5, 0.6) is 11.5 Å². The summed E-state index contributed by atoms with van der Waals surface area (Å²) in [5, 5.41) is 8.91. The monoisotopic (exact) mass is 150 g/mol. The van der Waals surface area contributed by atoms with Gasteiger partial charge in [0.2, 0.25) is 0 Å². The van der Waals surface area contributed by atoms with Crippen LogP contribution in [0.2, 0.25) is 0 Å². The number of phenolic OH excluding ortho intramolecular Hbond substituents is 1. The van der Waals surface area contributed by atoms with E-state index in [-0.39, 0.29) is 5.75 Å². The molecular formula is C9H10O2. The fraction of sp³-hybridized carbons (Fsp3) is 0.111. The number of phenols is 1. The van der Waals surface area contributed by atoms with Crippen LogP contribution < -0.4 is 4.74 Å². The second kappa shape index (κ2) is 3.66. The lowest BCUT2D eigenvalue weighted by atomic mass is 10.3. The van der Waals surface area contributed by atoms with Gasteiger partial charge < -0.3 is 9.84 Å². The number of allylic oxidation sites excluding steroid dienone is 1. The molecule has 1 N–H and O–H groups in total. The van der Waals surface area contributed by atoms with Gasteiger partial charge >= 0.3 is 0 Å². The fourth-order valence-corrected chi connectivity index (χ4v) is 0.671. The molecule has 0 unspecified atom stereocenters. The molecule has 1 rings (SSSR count). The van der Waals surface area contributed by atoms with Crippen LogP contribution >= 0.6 is 0 Å². The smallest absolute Gasteiger partial charge is 0.126 e. The van der Waals surface area contributed by atoms with Crippen LogP contribution in [0.1, 0.15) is 6.92 Å². The highest BCUT2D eigenvalue weighted by molar-refractivity contribution is 5.30. The Hall–Kier alpha value is -1.44. The third-order valence-electron chi connectivity index (χ3n) is 1.18. The third kappa shape index (κ3) is 2.34. The maximum atomic E-state index is 8.91. The highest BCUT2D eigenvalue weighted by atomic mass is 16.5. The van der Waals surface area contributed by atoms with Gasteiger partial charge in [-0.15, -0.1) is 0 Å². The molecule has 0 fully saturated rings. The van der Waals surface area contributed by atoms with Crippen molar-refractivity contribution in [3.8, 4) is 11.5 Å². The maximum Gasteiger partial charge on any atom is 0.126 e. The molecule has 0 aliphatic rings. The minimum atomic E-state index is 0.248. The Labute approximate surface area is 65.7 Å². The Kier molecular flexibility index (Phi) is 2.55. The molecule has 0 saturated carbocycles. The van der Waals surface area contributed by atoms with E-state index in [1.54, 1.807) is 36.6 Å². The third-order valence-corrected chi connectivity index (χ3v) is 1.18. The number of aromatic hydroxyl groups is 1. The minimum Gasteiger partial charge on any atom is -0.508 e. The topological polar surface area (TPSA) is 29.5 Å². The van der Waals surface area contributed by atoms with Crippen LogP contribution in [0, 0.1) is 0 Å². The van der Waals surface area contributed by atoms with E-state index >= 15 is 0 Å². The molecular weight excluding hydrogens is 140 g/mol. The first-order chi connectivity index (χ1) is 5.33. The lowest BCUT2D eigenvalue weighted by Gasteiger charge is -1.98. The number of hydrogen-bond acceptors (Lipinski definition) is 2. The summed E-state index contributed by atoms with van der Waals surface area (Å²) in [5.41, 5.74) is 0. The molecule has 0 spiro atoms. The number of ether oxygens (including phenoxy) is 1. The van der Waals surface area contributed by atoms with Crippen molar-refractivity contribution in [2.45, 2.75) is 6.92 Å². The molecule has 0 aromatic heterocycles. The zero-order valence-corrected chi connectivity index (χ0v) is 6.32. The number of hydrogen-bond donors (Lipinski definition) is 1. The molecule has 11 heavy (non-hydrogen) atoms. The zero-order valence-electron chi connectivity index (χ0n) is 6.32. The Balaban J connectivity index is 2.66. The summed E-state index contributed by atoms with van der Waals surface area (Å²) in [7, 11) is 0. The second-order valence-electron chi connectivity index (χ2n) is 2.08. The largest absolute Gasteiger partial charge is 0.508 e. The Bertz CT molecular complexity index is 236. The molecule has 0 heterocycles. The van der Waals surface area contributed by atoms with Gasteiger partial charge in [-0.05, 0) is 31.2 Å². The van der Waals surface area contributed by atoms with Crippen molar-refractivity contribution < 1.29 is 9.84 Å². The molecule has 1 aromatic carbocycles. The maximum absolute atomic E-state index is 8.91. The average molecular weight is 150 g/mol. The lowest BCUT2D eigenvalue weighted by Crippen LogP contribution is -1.79. The summed E-state index contributed by atoms with van der Waals surface area (Å²) >= 11 is 0. The van der Waals surface area contributed by atoms with Gasteiger partial charge in [0.1, 0.15) is 11.5 Å². The van der Waals surface area contributed by atoms with Gasteiger partial charge in [0.05, 0.1) is 6.26 Å². The SMILES string of the molecule is CC=COc1ccc(O)cc1. The van der Waals surface area contributed by atoms with Crippen molar-refractivity contribution in [3.63, 3.8) is 0 Å². The van der Waals surface area contributed by atoms with Crippen molar-refractivity contribution in [2.24, 2.45) is 0 Å². The van der Waals surface area contributed by atoms with E-state index in [9.17, 15) is 0 Å². The van der Waals surface area contributed by atoms with Gasteiger partial charge in [-0.2, -0.15) is 0 Å². The van der Waals surface area contributed by atoms with Crippen molar-refractivity contribution in [3.05, 3.63) is 36.6 Å². The van der Waals surface area contributed by atoms with Crippen LogP contribution in [-0.2, 0) is 0 Å². The summed E-state index contributed by atoms with van der Waals surface area (Å²) in [4.78, 5) is 0. The number of rotatable bonds is 2. The van der Waals surface area contributed by atoms with Crippen molar-refractivity contribution >= 4 is 0 Å². The Morgan fingerprint density at radius 3 is 2.45 bits per heavy atom. The zero-order chi connectivity index (χ0) is 8.10. The summed E-state index contributed by atoms with van der Waals surface area (Å²) in [5.74, 6) is 0.971. The van der Waals surface area contributed by atoms with Gasteiger partial charge in [-0.1, -0.05) is 6.08 Å². The standard InChI is InChI=1S/C9H10O2/c1-2-7-11-9-5-3-8(10)4-6-9/h2-7,10H,1H3. The van der Waals surface area contributed by atoms with Gasteiger partial charge in [-0.25, -0.2) is 0 Å². The summed E-state index contributed by atoms with van der Waals surface area (Å²) in [6.07, 6.45) is 3.39. The highest BCUT2D eigenvalue weighted by Crippen LogP contribution is 2.15. The van der Waals surface area contributed by atoms with Crippen molar-refractivity contribution in [1.29, 1.82) is 0 Å². The van der Waals surface area contributed by atoms with Crippen LogP contribution in [0.15, 0.2) is 36.6 Å². The summed E-state index contributed by atoms with van der Waals surface area (Å²) in [6, 6.07) is 6.57. The molecule has 0 bridgehead atoms. The van der Waals surface area contributed by atoms with Crippen LogP contribution in [0.25, 0.3) is 0 Å². The fourth-order valence-electron chi connectivity index (χ4n) is 0.671. The van der Waals surface area contributed by atoms with Gasteiger partial charge in [0.15, 0.2) is 0 Å².